The normalized spacial score (nSPS) is 16.1. The van der Waals surface area contributed by atoms with Crippen molar-refractivity contribution in [3.63, 3.8) is 0 Å². The molecule has 1 N–H and O–H groups in total. The fraction of sp³-hybridized carbons (Fsp3) is 0.462. The lowest BCUT2D eigenvalue weighted by molar-refractivity contribution is 0.0498. The third-order valence-corrected chi connectivity index (χ3v) is 6.63. The number of esters is 1. The van der Waals surface area contributed by atoms with Gasteiger partial charge in [0.05, 0.1) is 13.3 Å². The summed E-state index contributed by atoms with van der Waals surface area (Å²) >= 11 is 6.47. The van der Waals surface area contributed by atoms with Gasteiger partial charge in [-0.25, -0.2) is 14.1 Å². The Hall–Kier alpha value is -3.53. The van der Waals surface area contributed by atoms with Crippen molar-refractivity contribution in [1.82, 2.24) is 19.5 Å². The number of nitrogens with zero attached hydrogens (tertiary/aromatic N) is 4. The number of rotatable bonds is 5. The molecule has 37 heavy (non-hydrogen) atoms. The van der Waals surface area contributed by atoms with E-state index in [1.165, 1.54) is 29.4 Å². The van der Waals surface area contributed by atoms with Gasteiger partial charge in [-0.2, -0.15) is 0 Å². The van der Waals surface area contributed by atoms with Gasteiger partial charge in [0.1, 0.15) is 16.8 Å². The van der Waals surface area contributed by atoms with Crippen LogP contribution in [0.4, 0.5) is 10.6 Å². The number of halogens is 1. The molecule has 1 amide bonds. The third kappa shape index (κ3) is 5.74. The van der Waals surface area contributed by atoms with Crippen LogP contribution in [0, 0.1) is 0 Å². The predicted molar refractivity (Wildman–Crippen MR) is 141 cm³/mol. The van der Waals surface area contributed by atoms with Crippen LogP contribution < -0.4 is 15.8 Å². The third-order valence-electron chi connectivity index (χ3n) is 6.26. The van der Waals surface area contributed by atoms with Crippen LogP contribution in [0.25, 0.3) is 5.52 Å². The highest BCUT2D eigenvalue weighted by Crippen LogP contribution is 2.30. The minimum atomic E-state index is -0.634. The number of nitrogens with one attached hydrogen (secondary N) is 1. The van der Waals surface area contributed by atoms with Gasteiger partial charge in [-0.1, -0.05) is 29.8 Å². The number of ether oxygens (including phenoxy) is 2. The van der Waals surface area contributed by atoms with Crippen molar-refractivity contribution in [1.29, 1.82) is 0 Å². The molecule has 0 spiro atoms. The molecule has 0 aliphatic carbocycles. The molecule has 0 saturated carbocycles. The standard InChI is InChI=1S/C26H32ClN5O5/c1-26(2,3)37-25(35)28-17-10-8-12-31(14-17)22-18(13-16-9-6-7-11-19(16)27)21-23(33)30(4)20(24(34)36-5)15-32(21)29-22/h6-7,9,11,15,17H,8,10,12-14H2,1-5H3,(H,28,35)/t17-/m1/s1. The maximum absolute atomic E-state index is 13.5. The number of hydrogen-bond donors (Lipinski definition) is 1. The van der Waals surface area contributed by atoms with Crippen molar-refractivity contribution in [3.05, 3.63) is 62.7 Å². The van der Waals surface area contributed by atoms with Gasteiger partial charge in [0, 0.05) is 43.2 Å². The van der Waals surface area contributed by atoms with Gasteiger partial charge in [0.2, 0.25) is 0 Å². The molecule has 1 atom stereocenters. The molecule has 1 aliphatic rings. The lowest BCUT2D eigenvalue weighted by Gasteiger charge is -2.34. The predicted octanol–water partition coefficient (Wildman–Crippen LogP) is 3.56. The number of carbonyl (C=O) groups is 2. The van der Waals surface area contributed by atoms with E-state index in [2.05, 4.69) is 10.2 Å². The Bertz CT molecular complexity index is 1390. The molecule has 3 heterocycles. The second kappa shape index (κ2) is 10.5. The van der Waals surface area contributed by atoms with Crippen LogP contribution in [0.2, 0.25) is 5.02 Å². The molecule has 1 saturated heterocycles. The summed E-state index contributed by atoms with van der Waals surface area (Å²) in [6, 6.07) is 7.29. The van der Waals surface area contributed by atoms with Gasteiger partial charge in [-0.15, -0.1) is 5.10 Å². The summed E-state index contributed by atoms with van der Waals surface area (Å²) in [4.78, 5) is 40.2. The van der Waals surface area contributed by atoms with Crippen molar-refractivity contribution in [2.45, 2.75) is 51.7 Å². The van der Waals surface area contributed by atoms with Gasteiger partial charge >= 0.3 is 12.1 Å². The summed E-state index contributed by atoms with van der Waals surface area (Å²) in [6.07, 6.45) is 3.00. The van der Waals surface area contributed by atoms with Gasteiger partial charge < -0.3 is 24.3 Å². The number of piperidine rings is 1. The first kappa shape index (κ1) is 26.5. The van der Waals surface area contributed by atoms with Crippen LogP contribution in [-0.4, -0.2) is 58.1 Å². The molecule has 11 heteroatoms. The first-order chi connectivity index (χ1) is 17.5. The monoisotopic (exact) mass is 529 g/mol. The summed E-state index contributed by atoms with van der Waals surface area (Å²) in [5.74, 6) is -0.0273. The van der Waals surface area contributed by atoms with Gasteiger partial charge in [-0.05, 0) is 45.2 Å². The lowest BCUT2D eigenvalue weighted by atomic mass is 10.0. The number of hydrogen-bond acceptors (Lipinski definition) is 7. The van der Waals surface area contributed by atoms with Gasteiger partial charge in [-0.3, -0.25) is 4.79 Å². The zero-order valence-electron chi connectivity index (χ0n) is 21.7. The largest absolute Gasteiger partial charge is 0.464 e. The van der Waals surface area contributed by atoms with Crippen molar-refractivity contribution in [2.75, 3.05) is 25.1 Å². The van der Waals surface area contributed by atoms with E-state index >= 15 is 0 Å². The van der Waals surface area contributed by atoms with E-state index in [1.807, 2.05) is 39.0 Å². The van der Waals surface area contributed by atoms with Gasteiger partial charge in [0.15, 0.2) is 5.82 Å². The topological polar surface area (TPSA) is 107 Å². The molecule has 1 fully saturated rings. The van der Waals surface area contributed by atoms with Crippen molar-refractivity contribution < 1.29 is 19.1 Å². The molecule has 1 aliphatic heterocycles. The quantitative estimate of drug-likeness (QED) is 0.503. The molecule has 1 aromatic carbocycles. The fourth-order valence-corrected chi connectivity index (χ4v) is 4.76. The number of benzene rings is 1. The average molecular weight is 530 g/mol. The van der Waals surface area contributed by atoms with Crippen molar-refractivity contribution in [3.8, 4) is 0 Å². The zero-order valence-corrected chi connectivity index (χ0v) is 22.5. The number of aromatic nitrogens is 3. The molecule has 0 bridgehead atoms. The Morgan fingerprint density at radius 2 is 1.97 bits per heavy atom. The summed E-state index contributed by atoms with van der Waals surface area (Å²) in [5, 5.41) is 8.29. The number of amides is 1. The number of carbonyl (C=O) groups excluding carboxylic acids is 2. The average Bonchev–Trinajstić information content (AvgIpc) is 3.19. The van der Waals surface area contributed by atoms with Crippen LogP contribution in [0.3, 0.4) is 0 Å². The van der Waals surface area contributed by atoms with E-state index in [9.17, 15) is 14.4 Å². The highest BCUT2D eigenvalue weighted by atomic mass is 35.5. The molecular formula is C26H32ClN5O5. The molecular weight excluding hydrogens is 498 g/mol. The van der Waals surface area contributed by atoms with Crippen LogP contribution in [0.1, 0.15) is 55.2 Å². The summed E-state index contributed by atoms with van der Waals surface area (Å²) < 4.78 is 13.0. The maximum Gasteiger partial charge on any atom is 0.407 e. The summed E-state index contributed by atoms with van der Waals surface area (Å²) in [6.45, 7) is 6.64. The van der Waals surface area contributed by atoms with Crippen LogP contribution in [-0.2, 0) is 22.9 Å². The molecule has 10 nitrogen and oxygen atoms in total. The highest BCUT2D eigenvalue weighted by Gasteiger charge is 2.29. The Balaban J connectivity index is 1.77. The highest BCUT2D eigenvalue weighted by molar-refractivity contribution is 6.31. The molecule has 0 radical (unpaired) electrons. The van der Waals surface area contributed by atoms with E-state index in [-0.39, 0.29) is 17.3 Å². The second-order valence-corrected chi connectivity index (χ2v) is 10.6. The minimum Gasteiger partial charge on any atom is -0.464 e. The molecule has 4 rings (SSSR count). The Morgan fingerprint density at radius 3 is 2.65 bits per heavy atom. The second-order valence-electron chi connectivity index (χ2n) is 10.2. The molecule has 198 valence electrons. The smallest absolute Gasteiger partial charge is 0.407 e. The minimum absolute atomic E-state index is 0.0847. The molecule has 0 unspecified atom stereocenters. The Kier molecular flexibility index (Phi) is 7.49. The zero-order chi connectivity index (χ0) is 26.9. The van der Waals surface area contributed by atoms with Crippen LogP contribution in [0.15, 0.2) is 35.3 Å². The van der Waals surface area contributed by atoms with E-state index in [1.54, 1.807) is 6.07 Å². The summed E-state index contributed by atoms with van der Waals surface area (Å²) in [5.41, 5.74) is 1.01. The van der Waals surface area contributed by atoms with E-state index in [0.717, 1.165) is 18.4 Å². The van der Waals surface area contributed by atoms with Crippen LogP contribution in [0.5, 0.6) is 0 Å². The fourth-order valence-electron chi connectivity index (χ4n) is 4.55. The van der Waals surface area contributed by atoms with Crippen molar-refractivity contribution >= 4 is 35.0 Å². The molecule has 3 aromatic rings. The van der Waals surface area contributed by atoms with Crippen molar-refractivity contribution in [2.24, 2.45) is 7.05 Å². The summed E-state index contributed by atoms with van der Waals surface area (Å²) in [7, 11) is 2.79. The van der Waals surface area contributed by atoms with E-state index in [4.69, 9.17) is 26.2 Å². The van der Waals surface area contributed by atoms with Gasteiger partial charge in [0.25, 0.3) is 5.56 Å². The number of anilines is 1. The Labute approximate surface area is 220 Å². The SMILES string of the molecule is COC(=O)c1cn2nc(N3CCC[C@@H](NC(=O)OC(C)(C)C)C3)c(Cc3ccccc3Cl)c2c(=O)n1C. The Morgan fingerprint density at radius 1 is 1.24 bits per heavy atom. The maximum atomic E-state index is 13.5. The van der Waals surface area contributed by atoms with E-state index in [0.29, 0.717) is 41.4 Å². The number of alkyl carbamates (subject to hydrolysis) is 1. The lowest BCUT2D eigenvalue weighted by Crippen LogP contribution is -2.49. The number of methoxy groups -OCH3 is 1. The van der Waals surface area contributed by atoms with E-state index < -0.39 is 17.7 Å². The number of fused-ring (bicyclic) bond motifs is 1. The first-order valence-electron chi connectivity index (χ1n) is 12.2. The van der Waals surface area contributed by atoms with Crippen LogP contribution >= 0.6 is 11.6 Å². The molecule has 2 aromatic heterocycles. The first-order valence-corrected chi connectivity index (χ1v) is 12.5.